The van der Waals surface area contributed by atoms with E-state index in [9.17, 15) is 0 Å². The average Bonchev–Trinajstić information content (AvgIpc) is 2.81. The first-order valence-electron chi connectivity index (χ1n) is 6.49. The molecule has 102 valence electrons. The summed E-state index contributed by atoms with van der Waals surface area (Å²) in [6, 6.07) is 1.91. The van der Waals surface area contributed by atoms with Crippen LogP contribution in [0.4, 0.5) is 0 Å². The van der Waals surface area contributed by atoms with Gasteiger partial charge in [-0.05, 0) is 12.6 Å². The van der Waals surface area contributed by atoms with Crippen molar-refractivity contribution >= 4 is 11.3 Å². The molecule has 0 saturated heterocycles. The maximum absolute atomic E-state index is 4.79. The van der Waals surface area contributed by atoms with Crippen molar-refractivity contribution in [3.05, 3.63) is 29.2 Å². The lowest BCUT2D eigenvalue weighted by atomic mass is 9.91. The summed E-state index contributed by atoms with van der Waals surface area (Å²) < 4.78 is 0. The third-order valence-corrected chi connectivity index (χ3v) is 3.82. The van der Waals surface area contributed by atoms with Crippen molar-refractivity contribution < 1.29 is 0 Å². The van der Waals surface area contributed by atoms with Gasteiger partial charge in [-0.2, -0.15) is 0 Å². The van der Waals surface area contributed by atoms with Crippen LogP contribution in [0.3, 0.4) is 0 Å². The number of hydrogen-bond acceptors (Lipinski definition) is 5. The lowest BCUT2D eigenvalue weighted by molar-refractivity contribution is 0.561. The standard InChI is InChI=1S/C14H20N4S/c1-5-15-8-11-12(14(2,3)4)18-13(19-11)10-6-7-16-9-17-10/h6-7,9,15H,5,8H2,1-4H3. The number of nitrogens with one attached hydrogen (secondary N) is 1. The van der Waals surface area contributed by atoms with Gasteiger partial charge in [0.25, 0.3) is 0 Å². The molecule has 0 aliphatic heterocycles. The maximum atomic E-state index is 4.79. The van der Waals surface area contributed by atoms with Gasteiger partial charge in [0.1, 0.15) is 17.0 Å². The second-order valence-corrected chi connectivity index (χ2v) is 6.50. The van der Waals surface area contributed by atoms with E-state index < -0.39 is 0 Å². The van der Waals surface area contributed by atoms with E-state index in [1.807, 2.05) is 6.07 Å². The summed E-state index contributed by atoms with van der Waals surface area (Å²) in [4.78, 5) is 14.3. The topological polar surface area (TPSA) is 50.7 Å². The number of hydrogen-bond donors (Lipinski definition) is 1. The van der Waals surface area contributed by atoms with Gasteiger partial charge in [0, 0.05) is 23.0 Å². The Labute approximate surface area is 118 Å². The fraction of sp³-hybridized carbons (Fsp3) is 0.500. The SMILES string of the molecule is CCNCc1sc(-c2ccncn2)nc1C(C)(C)C. The van der Waals surface area contributed by atoms with Gasteiger partial charge >= 0.3 is 0 Å². The van der Waals surface area contributed by atoms with Gasteiger partial charge in [0.2, 0.25) is 0 Å². The molecule has 5 heteroatoms. The van der Waals surface area contributed by atoms with E-state index in [0.29, 0.717) is 0 Å². The summed E-state index contributed by atoms with van der Waals surface area (Å²) in [6.07, 6.45) is 3.32. The molecule has 2 aromatic heterocycles. The lowest BCUT2D eigenvalue weighted by Gasteiger charge is -2.17. The van der Waals surface area contributed by atoms with Crippen LogP contribution in [0.1, 0.15) is 38.3 Å². The van der Waals surface area contributed by atoms with Crippen LogP contribution in [-0.4, -0.2) is 21.5 Å². The fourth-order valence-corrected chi connectivity index (χ4v) is 3.04. The predicted octanol–water partition coefficient (Wildman–Crippen LogP) is 3.01. The first kappa shape index (κ1) is 14.1. The highest BCUT2D eigenvalue weighted by atomic mass is 32.1. The van der Waals surface area contributed by atoms with E-state index in [0.717, 1.165) is 29.5 Å². The van der Waals surface area contributed by atoms with Crippen molar-refractivity contribution in [3.63, 3.8) is 0 Å². The minimum Gasteiger partial charge on any atom is -0.312 e. The molecule has 0 aromatic carbocycles. The van der Waals surface area contributed by atoms with Crippen LogP contribution in [0.5, 0.6) is 0 Å². The van der Waals surface area contributed by atoms with E-state index in [2.05, 4.69) is 43.0 Å². The molecule has 2 aromatic rings. The molecule has 2 rings (SSSR count). The van der Waals surface area contributed by atoms with Crippen molar-refractivity contribution in [1.29, 1.82) is 0 Å². The number of thiazole rings is 1. The Morgan fingerprint density at radius 3 is 2.68 bits per heavy atom. The zero-order chi connectivity index (χ0) is 13.9. The summed E-state index contributed by atoms with van der Waals surface area (Å²) in [7, 11) is 0. The highest BCUT2D eigenvalue weighted by Gasteiger charge is 2.23. The first-order chi connectivity index (χ1) is 9.02. The van der Waals surface area contributed by atoms with Crippen LogP contribution in [0.25, 0.3) is 10.7 Å². The summed E-state index contributed by atoms with van der Waals surface area (Å²) >= 11 is 1.72. The molecule has 0 aliphatic rings. The molecular formula is C14H20N4S. The Kier molecular flexibility index (Phi) is 4.27. The van der Waals surface area contributed by atoms with E-state index in [1.165, 1.54) is 4.88 Å². The Morgan fingerprint density at radius 1 is 1.32 bits per heavy atom. The van der Waals surface area contributed by atoms with E-state index >= 15 is 0 Å². The molecule has 2 heterocycles. The van der Waals surface area contributed by atoms with Crippen LogP contribution >= 0.6 is 11.3 Å². The van der Waals surface area contributed by atoms with Gasteiger partial charge in [-0.15, -0.1) is 11.3 Å². The van der Waals surface area contributed by atoms with E-state index in [-0.39, 0.29) is 5.41 Å². The molecule has 0 amide bonds. The molecule has 19 heavy (non-hydrogen) atoms. The third kappa shape index (κ3) is 3.36. The largest absolute Gasteiger partial charge is 0.312 e. The fourth-order valence-electron chi connectivity index (χ4n) is 1.82. The molecule has 0 aliphatic carbocycles. The van der Waals surface area contributed by atoms with Crippen LogP contribution in [0.2, 0.25) is 0 Å². The number of aromatic nitrogens is 3. The van der Waals surface area contributed by atoms with Gasteiger partial charge in [0.15, 0.2) is 0 Å². The lowest BCUT2D eigenvalue weighted by Crippen LogP contribution is -2.18. The number of nitrogens with zero attached hydrogens (tertiary/aromatic N) is 3. The smallest absolute Gasteiger partial charge is 0.142 e. The molecule has 0 fully saturated rings. The van der Waals surface area contributed by atoms with Crippen molar-refractivity contribution in [1.82, 2.24) is 20.3 Å². The highest BCUT2D eigenvalue weighted by Crippen LogP contribution is 2.33. The molecule has 0 unspecified atom stereocenters. The van der Waals surface area contributed by atoms with Crippen LogP contribution < -0.4 is 5.32 Å². The molecule has 1 N–H and O–H groups in total. The first-order valence-corrected chi connectivity index (χ1v) is 7.31. The summed E-state index contributed by atoms with van der Waals surface area (Å²) in [5.41, 5.74) is 2.10. The average molecular weight is 276 g/mol. The molecule has 0 saturated carbocycles. The second-order valence-electron chi connectivity index (χ2n) is 5.42. The van der Waals surface area contributed by atoms with Gasteiger partial charge in [-0.25, -0.2) is 15.0 Å². The van der Waals surface area contributed by atoms with Gasteiger partial charge in [-0.1, -0.05) is 27.7 Å². The Bertz CT molecular complexity index is 528. The van der Waals surface area contributed by atoms with Crippen molar-refractivity contribution in [2.75, 3.05) is 6.54 Å². The molecule has 4 nitrogen and oxygen atoms in total. The molecule has 0 bridgehead atoms. The summed E-state index contributed by atoms with van der Waals surface area (Å²) in [5.74, 6) is 0. The predicted molar refractivity (Wildman–Crippen MR) is 79.2 cm³/mol. The highest BCUT2D eigenvalue weighted by molar-refractivity contribution is 7.15. The third-order valence-electron chi connectivity index (χ3n) is 2.74. The minimum atomic E-state index is 0.0481. The molecule has 0 radical (unpaired) electrons. The van der Waals surface area contributed by atoms with Crippen LogP contribution in [0, 0.1) is 0 Å². The Morgan fingerprint density at radius 2 is 2.11 bits per heavy atom. The summed E-state index contributed by atoms with van der Waals surface area (Å²) in [5, 5.41) is 4.35. The van der Waals surface area contributed by atoms with Crippen LogP contribution in [0.15, 0.2) is 18.6 Å². The van der Waals surface area contributed by atoms with Gasteiger partial charge < -0.3 is 5.32 Å². The second kappa shape index (κ2) is 5.75. The summed E-state index contributed by atoms with van der Waals surface area (Å²) in [6.45, 7) is 10.5. The van der Waals surface area contributed by atoms with Gasteiger partial charge in [-0.3, -0.25) is 0 Å². The zero-order valence-corrected chi connectivity index (χ0v) is 12.7. The quantitative estimate of drug-likeness (QED) is 0.932. The van der Waals surface area contributed by atoms with E-state index in [4.69, 9.17) is 4.98 Å². The Hall–Kier alpha value is -1.33. The molecule has 0 atom stereocenters. The molecule has 0 spiro atoms. The van der Waals surface area contributed by atoms with Crippen molar-refractivity contribution in [2.45, 2.75) is 39.7 Å². The number of rotatable bonds is 4. The monoisotopic (exact) mass is 276 g/mol. The Balaban J connectivity index is 2.40. The van der Waals surface area contributed by atoms with Crippen molar-refractivity contribution in [3.8, 4) is 10.7 Å². The normalized spacial score (nSPS) is 11.8. The van der Waals surface area contributed by atoms with Gasteiger partial charge in [0.05, 0.1) is 5.69 Å². The van der Waals surface area contributed by atoms with E-state index in [1.54, 1.807) is 23.9 Å². The van der Waals surface area contributed by atoms with Crippen LogP contribution in [-0.2, 0) is 12.0 Å². The minimum absolute atomic E-state index is 0.0481. The molecular weight excluding hydrogens is 256 g/mol. The zero-order valence-electron chi connectivity index (χ0n) is 11.9. The van der Waals surface area contributed by atoms with Crippen molar-refractivity contribution in [2.24, 2.45) is 0 Å². The maximum Gasteiger partial charge on any atom is 0.142 e.